The van der Waals surface area contributed by atoms with Crippen molar-refractivity contribution in [2.45, 2.75) is 38.7 Å². The molecule has 0 aliphatic carbocycles. The molecule has 2 nitrogen and oxygen atoms in total. The lowest BCUT2D eigenvalue weighted by atomic mass is 9.98. The zero-order valence-electron chi connectivity index (χ0n) is 14.5. The maximum atomic E-state index is 6.63. The predicted octanol–water partition coefficient (Wildman–Crippen LogP) is 5.30. The normalized spacial score (nSPS) is 17.3. The minimum Gasteiger partial charge on any atom is -0.398 e. The van der Waals surface area contributed by atoms with Gasteiger partial charge >= 0.3 is 0 Å². The van der Waals surface area contributed by atoms with Gasteiger partial charge in [-0.3, -0.25) is 4.90 Å². The Kier molecular flexibility index (Phi) is 5.00. The zero-order valence-corrected chi connectivity index (χ0v) is 15.5. The molecule has 1 fully saturated rings. The van der Waals surface area contributed by atoms with Gasteiger partial charge in [-0.2, -0.15) is 0 Å². The summed E-state index contributed by atoms with van der Waals surface area (Å²) in [5.74, 6) is 0. The van der Waals surface area contributed by atoms with Crippen LogP contribution in [0.1, 0.15) is 24.6 Å². The first kappa shape index (κ1) is 16.4. The molecule has 0 amide bonds. The fraction of sp³-hybridized carbons (Fsp3) is 0.400. The van der Waals surface area contributed by atoms with Gasteiger partial charge < -0.3 is 4.43 Å². The molecule has 2 aromatic carbocycles. The van der Waals surface area contributed by atoms with E-state index in [0.717, 1.165) is 13.1 Å². The Morgan fingerprint density at radius 1 is 0.870 bits per heavy atom. The number of benzene rings is 2. The molecule has 1 heterocycles. The van der Waals surface area contributed by atoms with Crippen molar-refractivity contribution in [1.29, 1.82) is 0 Å². The van der Waals surface area contributed by atoms with E-state index in [0.29, 0.717) is 0 Å². The van der Waals surface area contributed by atoms with Gasteiger partial charge in [0, 0.05) is 18.7 Å². The van der Waals surface area contributed by atoms with Crippen LogP contribution in [0, 0.1) is 0 Å². The molecule has 3 rings (SSSR count). The van der Waals surface area contributed by atoms with Gasteiger partial charge in [0.05, 0.1) is 0 Å². The quantitative estimate of drug-likeness (QED) is 0.692. The van der Waals surface area contributed by atoms with Gasteiger partial charge in [0.2, 0.25) is 0 Å². The Hall–Kier alpha value is -1.42. The van der Waals surface area contributed by atoms with Gasteiger partial charge in [-0.05, 0) is 43.6 Å². The molecule has 122 valence electrons. The molecule has 1 saturated heterocycles. The van der Waals surface area contributed by atoms with E-state index in [1.807, 2.05) is 0 Å². The number of hydrogen-bond donors (Lipinski definition) is 0. The molecule has 0 spiro atoms. The first-order valence-corrected chi connectivity index (χ1v) is 12.0. The van der Waals surface area contributed by atoms with Crippen molar-refractivity contribution >= 4 is 8.32 Å². The fourth-order valence-corrected chi connectivity index (χ4v) is 4.18. The van der Waals surface area contributed by atoms with Crippen molar-refractivity contribution in [1.82, 2.24) is 4.90 Å². The lowest BCUT2D eigenvalue weighted by Crippen LogP contribution is -2.37. The van der Waals surface area contributed by atoms with Crippen LogP contribution >= 0.6 is 0 Å². The molecule has 23 heavy (non-hydrogen) atoms. The van der Waals surface area contributed by atoms with Crippen LogP contribution in [-0.2, 0) is 4.43 Å². The van der Waals surface area contributed by atoms with E-state index in [1.54, 1.807) is 0 Å². The molecule has 1 atom stereocenters. The third-order valence-corrected chi connectivity index (χ3v) is 5.18. The molecule has 0 saturated carbocycles. The number of likely N-dealkylation sites (tertiary alicyclic amines) is 1. The van der Waals surface area contributed by atoms with Crippen LogP contribution in [0.4, 0.5) is 0 Å². The van der Waals surface area contributed by atoms with Crippen molar-refractivity contribution in [2.24, 2.45) is 0 Å². The van der Waals surface area contributed by atoms with Crippen LogP contribution in [0.2, 0.25) is 19.6 Å². The average Bonchev–Trinajstić information content (AvgIpc) is 3.07. The van der Waals surface area contributed by atoms with E-state index in [-0.39, 0.29) is 6.23 Å². The number of nitrogens with zero attached hydrogens (tertiary/aromatic N) is 1. The smallest absolute Gasteiger partial charge is 0.186 e. The van der Waals surface area contributed by atoms with Crippen LogP contribution in [0.3, 0.4) is 0 Å². The van der Waals surface area contributed by atoms with E-state index in [1.165, 1.54) is 29.5 Å². The summed E-state index contributed by atoms with van der Waals surface area (Å²) in [4.78, 5) is 2.51. The van der Waals surface area contributed by atoms with Crippen molar-refractivity contribution in [3.05, 3.63) is 60.2 Å². The largest absolute Gasteiger partial charge is 0.398 e. The second kappa shape index (κ2) is 6.99. The number of hydrogen-bond acceptors (Lipinski definition) is 2. The highest BCUT2D eigenvalue weighted by molar-refractivity contribution is 6.69. The van der Waals surface area contributed by atoms with Crippen molar-refractivity contribution in [3.63, 3.8) is 0 Å². The summed E-state index contributed by atoms with van der Waals surface area (Å²) in [5, 5.41) is 0. The minimum absolute atomic E-state index is 0.0839. The summed E-state index contributed by atoms with van der Waals surface area (Å²) in [6.45, 7) is 9.11. The summed E-state index contributed by atoms with van der Waals surface area (Å²) in [6.07, 6.45) is 2.64. The zero-order chi connectivity index (χ0) is 16.3. The van der Waals surface area contributed by atoms with Crippen LogP contribution in [-0.4, -0.2) is 26.3 Å². The van der Waals surface area contributed by atoms with E-state index in [2.05, 4.69) is 79.1 Å². The fourth-order valence-electron chi connectivity index (χ4n) is 3.24. The molecule has 0 bridgehead atoms. The third kappa shape index (κ3) is 4.11. The summed E-state index contributed by atoms with van der Waals surface area (Å²) in [6, 6.07) is 19.4. The molecule has 1 aliphatic heterocycles. The summed E-state index contributed by atoms with van der Waals surface area (Å²) >= 11 is 0. The molecule has 3 heteroatoms. The Labute approximate surface area is 141 Å². The van der Waals surface area contributed by atoms with Crippen LogP contribution in [0.15, 0.2) is 54.6 Å². The highest BCUT2D eigenvalue weighted by Crippen LogP contribution is 2.35. The summed E-state index contributed by atoms with van der Waals surface area (Å²) in [7, 11) is -1.64. The maximum Gasteiger partial charge on any atom is 0.186 e. The lowest BCUT2D eigenvalue weighted by molar-refractivity contribution is 0.0358. The van der Waals surface area contributed by atoms with Crippen LogP contribution in [0.5, 0.6) is 0 Å². The highest BCUT2D eigenvalue weighted by Gasteiger charge is 2.30. The molecular weight excluding hydrogens is 298 g/mol. The van der Waals surface area contributed by atoms with Crippen molar-refractivity contribution in [2.75, 3.05) is 13.1 Å². The first-order chi connectivity index (χ1) is 11.0. The van der Waals surface area contributed by atoms with E-state index in [9.17, 15) is 0 Å². The topological polar surface area (TPSA) is 12.5 Å². The van der Waals surface area contributed by atoms with E-state index < -0.39 is 8.32 Å². The molecule has 0 radical (unpaired) electrons. The van der Waals surface area contributed by atoms with Crippen molar-refractivity contribution in [3.8, 4) is 11.1 Å². The molecule has 1 unspecified atom stereocenters. The Morgan fingerprint density at radius 3 is 2.13 bits per heavy atom. The van der Waals surface area contributed by atoms with E-state index in [4.69, 9.17) is 4.43 Å². The molecular formula is C20H27NOSi. The van der Waals surface area contributed by atoms with Gasteiger partial charge in [-0.25, -0.2) is 0 Å². The van der Waals surface area contributed by atoms with Crippen LogP contribution < -0.4 is 0 Å². The minimum atomic E-state index is -1.64. The Bertz CT molecular complexity index is 630. The third-order valence-electron chi connectivity index (χ3n) is 4.25. The van der Waals surface area contributed by atoms with E-state index >= 15 is 0 Å². The molecule has 1 aliphatic rings. The van der Waals surface area contributed by atoms with Gasteiger partial charge in [0.25, 0.3) is 0 Å². The Morgan fingerprint density at radius 2 is 1.48 bits per heavy atom. The average molecular weight is 326 g/mol. The van der Waals surface area contributed by atoms with Gasteiger partial charge in [0.1, 0.15) is 6.23 Å². The monoisotopic (exact) mass is 325 g/mol. The summed E-state index contributed by atoms with van der Waals surface area (Å²) < 4.78 is 6.63. The van der Waals surface area contributed by atoms with Gasteiger partial charge in [-0.1, -0.05) is 54.6 Å². The highest BCUT2D eigenvalue weighted by atomic mass is 28.4. The molecule has 2 aromatic rings. The van der Waals surface area contributed by atoms with Gasteiger partial charge in [0.15, 0.2) is 8.32 Å². The second-order valence-corrected chi connectivity index (χ2v) is 11.7. The standard InChI is InChI=1S/C20H27NOSi/c1-23(2,3)22-20(21-15-9-10-16-21)19-14-8-7-13-18(19)17-11-5-4-6-12-17/h4-8,11-14,20H,9-10,15-16H2,1-3H3. The predicted molar refractivity (Wildman–Crippen MR) is 99.9 cm³/mol. The lowest BCUT2D eigenvalue weighted by Gasteiger charge is -2.34. The molecule has 0 N–H and O–H groups in total. The Balaban J connectivity index is 2.02. The van der Waals surface area contributed by atoms with Crippen LogP contribution in [0.25, 0.3) is 11.1 Å². The summed E-state index contributed by atoms with van der Waals surface area (Å²) in [5.41, 5.74) is 3.87. The van der Waals surface area contributed by atoms with Gasteiger partial charge in [-0.15, -0.1) is 0 Å². The maximum absolute atomic E-state index is 6.63. The van der Waals surface area contributed by atoms with Crippen molar-refractivity contribution < 1.29 is 4.43 Å². The first-order valence-electron chi connectivity index (χ1n) is 8.61. The number of rotatable bonds is 5. The second-order valence-electron chi connectivity index (χ2n) is 7.28. The SMILES string of the molecule is C[Si](C)(C)OC(c1ccccc1-c1ccccc1)N1CCCC1. The molecule has 0 aromatic heterocycles.